The highest BCUT2D eigenvalue weighted by atomic mass is 16.2. The van der Waals surface area contributed by atoms with Crippen molar-refractivity contribution in [1.82, 2.24) is 9.80 Å². The van der Waals surface area contributed by atoms with Crippen LogP contribution in [0.1, 0.15) is 17.2 Å². The van der Waals surface area contributed by atoms with Crippen LogP contribution < -0.4 is 9.80 Å². The number of benzene rings is 2. The van der Waals surface area contributed by atoms with Crippen LogP contribution in [0, 0.1) is 0 Å². The molecule has 0 radical (unpaired) electrons. The van der Waals surface area contributed by atoms with E-state index >= 15 is 0 Å². The van der Waals surface area contributed by atoms with Gasteiger partial charge in [-0.05, 0) is 0 Å². The van der Waals surface area contributed by atoms with E-state index in [1.807, 2.05) is 11.9 Å². The molecule has 160 valence electrons. The van der Waals surface area contributed by atoms with Gasteiger partial charge in [-0.1, -0.05) is 60.7 Å². The fourth-order valence-electron chi connectivity index (χ4n) is 4.14. The number of quaternary nitrogens is 2. The Bertz CT molecular complexity index is 778. The number of nitrogens with one attached hydrogen (secondary N) is 2. The molecule has 1 fully saturated rings. The highest BCUT2D eigenvalue weighted by Crippen LogP contribution is 2.19. The van der Waals surface area contributed by atoms with Gasteiger partial charge in [-0.2, -0.15) is 0 Å². The van der Waals surface area contributed by atoms with E-state index in [-0.39, 0.29) is 17.9 Å². The number of nitrogens with zero attached hydrogens (tertiary/aromatic N) is 2. The van der Waals surface area contributed by atoms with Crippen LogP contribution in [-0.2, 0) is 9.59 Å². The van der Waals surface area contributed by atoms with Crippen molar-refractivity contribution in [2.45, 2.75) is 6.04 Å². The number of carbonyl (C=O) groups excluding carboxylic acids is 2. The van der Waals surface area contributed by atoms with E-state index in [1.54, 1.807) is 19.0 Å². The highest BCUT2D eigenvalue weighted by molar-refractivity contribution is 5.78. The minimum atomic E-state index is 0.0446. The molecule has 1 unspecified atom stereocenters. The summed E-state index contributed by atoms with van der Waals surface area (Å²) in [5.74, 6) is 0.178. The largest absolute Gasteiger partial charge is 0.344 e. The quantitative estimate of drug-likeness (QED) is 0.622. The second-order valence-corrected chi connectivity index (χ2v) is 8.39. The Kier molecular flexibility index (Phi) is 7.60. The SMILES string of the molecule is CN(C)C(=O)C[NH+](C)CC(=O)N1CC[NH+](C(c2ccccc2)c2ccccc2)CC1. The summed E-state index contributed by atoms with van der Waals surface area (Å²) >= 11 is 0. The molecule has 0 bridgehead atoms. The molecular formula is C24H34N4O2+2. The molecule has 0 aliphatic carbocycles. The van der Waals surface area contributed by atoms with Crippen LogP contribution >= 0.6 is 0 Å². The molecule has 3 rings (SSSR count). The van der Waals surface area contributed by atoms with E-state index in [2.05, 4.69) is 60.7 Å². The first-order valence-electron chi connectivity index (χ1n) is 10.7. The molecule has 0 saturated carbocycles. The van der Waals surface area contributed by atoms with Crippen molar-refractivity contribution in [3.8, 4) is 0 Å². The lowest BCUT2D eigenvalue weighted by atomic mass is 9.96. The van der Waals surface area contributed by atoms with Crippen molar-refractivity contribution in [1.29, 1.82) is 0 Å². The van der Waals surface area contributed by atoms with E-state index in [0.717, 1.165) is 31.1 Å². The van der Waals surface area contributed by atoms with Gasteiger partial charge in [0.1, 0.15) is 6.04 Å². The fourth-order valence-corrected chi connectivity index (χ4v) is 4.14. The summed E-state index contributed by atoms with van der Waals surface area (Å²) in [6.07, 6.45) is 0. The van der Waals surface area contributed by atoms with Crippen molar-refractivity contribution >= 4 is 11.8 Å². The second kappa shape index (κ2) is 10.4. The van der Waals surface area contributed by atoms with E-state index in [9.17, 15) is 9.59 Å². The minimum absolute atomic E-state index is 0.0446. The van der Waals surface area contributed by atoms with Gasteiger partial charge in [-0.25, -0.2) is 0 Å². The maximum absolute atomic E-state index is 12.7. The molecule has 0 aromatic heterocycles. The van der Waals surface area contributed by atoms with Gasteiger partial charge < -0.3 is 19.6 Å². The number of piperazine rings is 1. The number of likely N-dealkylation sites (N-methyl/N-ethyl adjacent to an activating group) is 2. The van der Waals surface area contributed by atoms with Crippen LogP contribution in [0.25, 0.3) is 0 Å². The third-order valence-corrected chi connectivity index (χ3v) is 5.84. The normalized spacial score (nSPS) is 15.8. The standard InChI is InChI=1S/C24H32N4O2/c1-25(2)22(29)18-26(3)19-23(30)27-14-16-28(17-15-27)24(20-10-6-4-7-11-20)21-12-8-5-9-13-21/h4-13,24H,14-19H2,1-3H3/p+2. The molecule has 1 aliphatic rings. The zero-order valence-electron chi connectivity index (χ0n) is 18.3. The lowest BCUT2D eigenvalue weighted by Gasteiger charge is -2.37. The fraction of sp³-hybridized carbons (Fsp3) is 0.417. The Labute approximate surface area is 179 Å². The van der Waals surface area contributed by atoms with Crippen molar-refractivity contribution < 1.29 is 19.4 Å². The summed E-state index contributed by atoms with van der Waals surface area (Å²) in [7, 11) is 5.40. The number of rotatable bonds is 7. The second-order valence-electron chi connectivity index (χ2n) is 8.39. The van der Waals surface area contributed by atoms with Gasteiger partial charge in [0.25, 0.3) is 11.8 Å². The van der Waals surface area contributed by atoms with Crippen molar-refractivity contribution in [3.63, 3.8) is 0 Å². The van der Waals surface area contributed by atoms with Crippen LogP contribution in [-0.4, -0.2) is 82.0 Å². The third kappa shape index (κ3) is 5.68. The van der Waals surface area contributed by atoms with Gasteiger partial charge in [0, 0.05) is 25.2 Å². The highest BCUT2D eigenvalue weighted by Gasteiger charge is 2.32. The number of carbonyl (C=O) groups is 2. The molecule has 1 aliphatic heterocycles. The molecule has 1 atom stereocenters. The number of hydrogen-bond donors (Lipinski definition) is 2. The molecule has 2 aromatic carbocycles. The summed E-state index contributed by atoms with van der Waals surface area (Å²) in [5, 5.41) is 0. The Morgan fingerprint density at radius 1 is 0.933 bits per heavy atom. The average Bonchev–Trinajstić information content (AvgIpc) is 2.75. The first-order valence-corrected chi connectivity index (χ1v) is 10.7. The van der Waals surface area contributed by atoms with Crippen LogP contribution in [0.2, 0.25) is 0 Å². The van der Waals surface area contributed by atoms with Crippen LogP contribution in [0.5, 0.6) is 0 Å². The monoisotopic (exact) mass is 410 g/mol. The van der Waals surface area contributed by atoms with Crippen molar-refractivity contribution in [3.05, 3.63) is 71.8 Å². The number of hydrogen-bond acceptors (Lipinski definition) is 2. The van der Waals surface area contributed by atoms with Crippen molar-refractivity contribution in [2.75, 3.05) is 60.4 Å². The minimum Gasteiger partial charge on any atom is -0.344 e. The van der Waals surface area contributed by atoms with E-state index < -0.39 is 0 Å². The molecule has 6 heteroatoms. The van der Waals surface area contributed by atoms with Gasteiger partial charge in [0.2, 0.25) is 0 Å². The lowest BCUT2D eigenvalue weighted by molar-refractivity contribution is -0.929. The van der Waals surface area contributed by atoms with Gasteiger partial charge >= 0.3 is 0 Å². The van der Waals surface area contributed by atoms with E-state index in [0.29, 0.717) is 13.1 Å². The van der Waals surface area contributed by atoms with Crippen LogP contribution in [0.4, 0.5) is 0 Å². The predicted molar refractivity (Wildman–Crippen MR) is 117 cm³/mol. The van der Waals surface area contributed by atoms with Crippen molar-refractivity contribution in [2.24, 2.45) is 0 Å². The molecule has 6 nitrogen and oxygen atoms in total. The first-order chi connectivity index (χ1) is 14.5. The Hall–Kier alpha value is -2.70. The Balaban J connectivity index is 1.61. The summed E-state index contributed by atoms with van der Waals surface area (Å²) < 4.78 is 0. The zero-order valence-corrected chi connectivity index (χ0v) is 18.3. The molecule has 1 saturated heterocycles. The van der Waals surface area contributed by atoms with Crippen LogP contribution in [0.3, 0.4) is 0 Å². The predicted octanol–water partition coefficient (Wildman–Crippen LogP) is -0.894. The Morgan fingerprint density at radius 2 is 1.43 bits per heavy atom. The molecule has 0 spiro atoms. The molecule has 1 heterocycles. The topological polar surface area (TPSA) is 49.5 Å². The Morgan fingerprint density at radius 3 is 1.90 bits per heavy atom. The average molecular weight is 411 g/mol. The van der Waals surface area contributed by atoms with Gasteiger partial charge in [-0.3, -0.25) is 9.59 Å². The smallest absolute Gasteiger partial charge is 0.278 e. The lowest BCUT2D eigenvalue weighted by Crippen LogP contribution is -3.15. The van der Waals surface area contributed by atoms with Gasteiger partial charge in [0.05, 0.1) is 33.2 Å². The summed E-state index contributed by atoms with van der Waals surface area (Å²) in [5.41, 5.74) is 2.62. The summed E-state index contributed by atoms with van der Waals surface area (Å²) in [6.45, 7) is 4.02. The van der Waals surface area contributed by atoms with Gasteiger partial charge in [0.15, 0.2) is 13.1 Å². The first kappa shape index (κ1) is 22.0. The van der Waals surface area contributed by atoms with Crippen LogP contribution in [0.15, 0.2) is 60.7 Å². The summed E-state index contributed by atoms with van der Waals surface area (Å²) in [6, 6.07) is 21.5. The van der Waals surface area contributed by atoms with E-state index in [4.69, 9.17) is 0 Å². The molecule has 2 aromatic rings. The maximum Gasteiger partial charge on any atom is 0.278 e. The molecule has 30 heavy (non-hydrogen) atoms. The third-order valence-electron chi connectivity index (χ3n) is 5.84. The van der Waals surface area contributed by atoms with Gasteiger partial charge in [-0.15, -0.1) is 0 Å². The summed E-state index contributed by atoms with van der Waals surface area (Å²) in [4.78, 5) is 30.6. The number of amides is 2. The molecular weight excluding hydrogens is 376 g/mol. The maximum atomic E-state index is 12.7. The van der Waals surface area contributed by atoms with E-state index in [1.165, 1.54) is 16.0 Å². The molecule has 2 N–H and O–H groups in total. The zero-order chi connectivity index (χ0) is 21.5. The molecule has 2 amide bonds.